The number of esters is 1. The zero-order chi connectivity index (χ0) is 13.1. The molecular formula is C15H26O2. The highest BCUT2D eigenvalue weighted by Gasteiger charge is 2.52. The Hall–Kier alpha value is -0.790. The van der Waals surface area contributed by atoms with Gasteiger partial charge in [0.2, 0.25) is 0 Å². The molecule has 0 N–H and O–H groups in total. The van der Waals surface area contributed by atoms with Crippen molar-refractivity contribution in [2.75, 3.05) is 6.61 Å². The van der Waals surface area contributed by atoms with Gasteiger partial charge >= 0.3 is 5.97 Å². The van der Waals surface area contributed by atoms with Gasteiger partial charge in [-0.05, 0) is 38.5 Å². The molecule has 2 heteroatoms. The van der Waals surface area contributed by atoms with Crippen LogP contribution in [0.5, 0.6) is 0 Å². The van der Waals surface area contributed by atoms with E-state index in [2.05, 4.69) is 33.8 Å². The standard InChI is InChI=1S/C15H26O2/c1-6-14(16)17-10-15(5)9-13(15)12(4)8-7-11(2)3/h7,12-13H,6,8-10H2,1-5H3/t12-,13+,15+/m0/s1. The van der Waals surface area contributed by atoms with Crippen molar-refractivity contribution < 1.29 is 9.53 Å². The lowest BCUT2D eigenvalue weighted by Crippen LogP contribution is -2.15. The third-order valence-electron chi connectivity index (χ3n) is 3.86. The van der Waals surface area contributed by atoms with Crippen LogP contribution in [-0.2, 0) is 9.53 Å². The molecule has 0 radical (unpaired) electrons. The van der Waals surface area contributed by atoms with E-state index < -0.39 is 0 Å². The molecule has 0 aromatic heterocycles. The molecule has 0 amide bonds. The van der Waals surface area contributed by atoms with Crippen LogP contribution >= 0.6 is 0 Å². The average Bonchev–Trinajstić information content (AvgIpc) is 2.96. The molecule has 2 nitrogen and oxygen atoms in total. The second kappa shape index (κ2) is 5.70. The van der Waals surface area contributed by atoms with Crippen molar-refractivity contribution in [3.8, 4) is 0 Å². The Morgan fingerprint density at radius 3 is 2.71 bits per heavy atom. The summed E-state index contributed by atoms with van der Waals surface area (Å²) in [4.78, 5) is 11.1. The van der Waals surface area contributed by atoms with E-state index in [-0.39, 0.29) is 11.4 Å². The van der Waals surface area contributed by atoms with Gasteiger partial charge in [0.1, 0.15) is 0 Å². The lowest BCUT2D eigenvalue weighted by atomic mass is 9.94. The van der Waals surface area contributed by atoms with Gasteiger partial charge in [-0.3, -0.25) is 4.79 Å². The third kappa shape index (κ3) is 4.18. The van der Waals surface area contributed by atoms with Crippen molar-refractivity contribution in [2.45, 2.75) is 53.9 Å². The van der Waals surface area contributed by atoms with E-state index in [9.17, 15) is 4.79 Å². The Kier molecular flexibility index (Phi) is 4.79. The van der Waals surface area contributed by atoms with Crippen molar-refractivity contribution in [1.82, 2.24) is 0 Å². The summed E-state index contributed by atoms with van der Waals surface area (Å²) in [5.41, 5.74) is 1.62. The van der Waals surface area contributed by atoms with Crippen LogP contribution in [0.25, 0.3) is 0 Å². The van der Waals surface area contributed by atoms with Crippen molar-refractivity contribution in [2.24, 2.45) is 17.3 Å². The molecule has 0 unspecified atom stereocenters. The van der Waals surface area contributed by atoms with E-state index >= 15 is 0 Å². The average molecular weight is 238 g/mol. The van der Waals surface area contributed by atoms with E-state index in [4.69, 9.17) is 4.74 Å². The van der Waals surface area contributed by atoms with Crippen molar-refractivity contribution in [1.29, 1.82) is 0 Å². The van der Waals surface area contributed by atoms with E-state index in [1.807, 2.05) is 6.92 Å². The first-order valence-corrected chi connectivity index (χ1v) is 6.68. The highest BCUT2D eigenvalue weighted by Crippen LogP contribution is 2.57. The smallest absolute Gasteiger partial charge is 0.305 e. The SMILES string of the molecule is CCC(=O)OC[C@@]1(C)C[C@@H]1[C@@H](C)CC=C(C)C. The zero-order valence-electron chi connectivity index (χ0n) is 11.9. The Labute approximate surface area is 105 Å². The molecule has 0 heterocycles. The lowest BCUT2D eigenvalue weighted by molar-refractivity contribution is -0.145. The van der Waals surface area contributed by atoms with Gasteiger partial charge in [0.25, 0.3) is 0 Å². The van der Waals surface area contributed by atoms with E-state index in [0.717, 1.165) is 6.42 Å². The van der Waals surface area contributed by atoms with Crippen molar-refractivity contribution in [3.63, 3.8) is 0 Å². The van der Waals surface area contributed by atoms with Gasteiger partial charge in [-0.1, -0.05) is 32.4 Å². The predicted molar refractivity (Wildman–Crippen MR) is 70.7 cm³/mol. The second-order valence-electron chi connectivity index (χ2n) is 5.97. The highest BCUT2D eigenvalue weighted by molar-refractivity contribution is 5.68. The van der Waals surface area contributed by atoms with Gasteiger partial charge in [-0.25, -0.2) is 0 Å². The van der Waals surface area contributed by atoms with Crippen LogP contribution in [0.1, 0.15) is 53.9 Å². The first kappa shape index (κ1) is 14.3. The summed E-state index contributed by atoms with van der Waals surface area (Å²) in [5, 5.41) is 0. The topological polar surface area (TPSA) is 26.3 Å². The van der Waals surface area contributed by atoms with Crippen LogP contribution in [0.4, 0.5) is 0 Å². The Morgan fingerprint density at radius 1 is 1.53 bits per heavy atom. The maximum atomic E-state index is 11.1. The van der Waals surface area contributed by atoms with E-state index in [1.165, 1.54) is 12.0 Å². The molecule has 0 aliphatic heterocycles. The summed E-state index contributed by atoms with van der Waals surface area (Å²) in [6.07, 6.45) is 5.13. The summed E-state index contributed by atoms with van der Waals surface area (Å²) in [7, 11) is 0. The summed E-state index contributed by atoms with van der Waals surface area (Å²) >= 11 is 0. The molecule has 1 saturated carbocycles. The maximum absolute atomic E-state index is 11.1. The molecule has 1 aliphatic carbocycles. The lowest BCUT2D eigenvalue weighted by Gasteiger charge is -2.15. The molecule has 0 saturated heterocycles. The van der Waals surface area contributed by atoms with Gasteiger partial charge in [0.05, 0.1) is 6.61 Å². The van der Waals surface area contributed by atoms with E-state index in [0.29, 0.717) is 24.9 Å². The molecule has 98 valence electrons. The molecule has 0 aromatic rings. The summed E-state index contributed by atoms with van der Waals surface area (Å²) < 4.78 is 5.27. The predicted octanol–water partition coefficient (Wildman–Crippen LogP) is 3.96. The zero-order valence-corrected chi connectivity index (χ0v) is 11.9. The number of rotatable bonds is 6. The minimum Gasteiger partial charge on any atom is -0.465 e. The molecule has 17 heavy (non-hydrogen) atoms. The fourth-order valence-corrected chi connectivity index (χ4v) is 2.43. The Bertz CT molecular complexity index is 302. The molecule has 0 aromatic carbocycles. The first-order valence-electron chi connectivity index (χ1n) is 6.68. The third-order valence-corrected chi connectivity index (χ3v) is 3.86. The van der Waals surface area contributed by atoms with Gasteiger partial charge in [0, 0.05) is 11.8 Å². The van der Waals surface area contributed by atoms with Gasteiger partial charge in [-0.2, -0.15) is 0 Å². The first-order chi connectivity index (χ1) is 7.89. The molecular weight excluding hydrogens is 212 g/mol. The fraction of sp³-hybridized carbons (Fsp3) is 0.800. The van der Waals surface area contributed by atoms with Crippen LogP contribution in [0.15, 0.2) is 11.6 Å². The van der Waals surface area contributed by atoms with Crippen LogP contribution in [0.2, 0.25) is 0 Å². The Balaban J connectivity index is 2.35. The number of allylic oxidation sites excluding steroid dienone is 2. The molecule has 0 spiro atoms. The van der Waals surface area contributed by atoms with Crippen molar-refractivity contribution >= 4 is 5.97 Å². The largest absolute Gasteiger partial charge is 0.465 e. The second-order valence-corrected chi connectivity index (χ2v) is 5.97. The number of carbonyl (C=O) groups excluding carboxylic acids is 1. The van der Waals surface area contributed by atoms with Crippen LogP contribution in [0.3, 0.4) is 0 Å². The number of hydrogen-bond acceptors (Lipinski definition) is 2. The molecule has 3 atom stereocenters. The fourth-order valence-electron chi connectivity index (χ4n) is 2.43. The summed E-state index contributed by atoms with van der Waals surface area (Å²) in [6, 6.07) is 0. The number of hydrogen-bond donors (Lipinski definition) is 0. The van der Waals surface area contributed by atoms with Crippen molar-refractivity contribution in [3.05, 3.63) is 11.6 Å². The minimum atomic E-state index is -0.0752. The van der Waals surface area contributed by atoms with E-state index in [1.54, 1.807) is 0 Å². The normalized spacial score (nSPS) is 28.4. The highest BCUT2D eigenvalue weighted by atomic mass is 16.5. The van der Waals surface area contributed by atoms with Crippen LogP contribution < -0.4 is 0 Å². The van der Waals surface area contributed by atoms with Crippen LogP contribution in [-0.4, -0.2) is 12.6 Å². The minimum absolute atomic E-state index is 0.0752. The molecule has 1 fully saturated rings. The van der Waals surface area contributed by atoms with Gasteiger partial charge in [-0.15, -0.1) is 0 Å². The molecule has 1 rings (SSSR count). The summed E-state index contributed by atoms with van der Waals surface area (Å²) in [5.74, 6) is 1.33. The Morgan fingerprint density at radius 2 is 2.18 bits per heavy atom. The van der Waals surface area contributed by atoms with Gasteiger partial charge in [0.15, 0.2) is 0 Å². The maximum Gasteiger partial charge on any atom is 0.305 e. The number of carbonyl (C=O) groups is 1. The van der Waals surface area contributed by atoms with Gasteiger partial charge < -0.3 is 4.74 Å². The number of ether oxygens (including phenoxy) is 1. The monoisotopic (exact) mass is 238 g/mol. The quantitative estimate of drug-likeness (QED) is 0.517. The van der Waals surface area contributed by atoms with Crippen LogP contribution in [0, 0.1) is 17.3 Å². The summed E-state index contributed by atoms with van der Waals surface area (Å²) in [6.45, 7) is 11.3. The molecule has 1 aliphatic rings. The molecule has 0 bridgehead atoms.